The van der Waals surface area contributed by atoms with Crippen LogP contribution in [-0.4, -0.2) is 38.4 Å². The Kier molecular flexibility index (Phi) is 2.97. The molecule has 1 aromatic rings. The number of hydrogen-bond donors (Lipinski definition) is 0. The first-order chi connectivity index (χ1) is 9.97. The summed E-state index contributed by atoms with van der Waals surface area (Å²) in [4.78, 5) is 22.0. The van der Waals surface area contributed by atoms with Gasteiger partial charge in [-0.25, -0.2) is 14.5 Å². The Morgan fingerprint density at radius 3 is 2.29 bits per heavy atom. The second kappa shape index (κ2) is 4.69. The molecule has 0 bridgehead atoms. The van der Waals surface area contributed by atoms with Crippen LogP contribution in [0.15, 0.2) is 29.1 Å². The van der Waals surface area contributed by atoms with Crippen LogP contribution in [0.2, 0.25) is 0 Å². The molecule has 0 N–H and O–H groups in total. The fraction of sp³-hybridized carbons (Fsp3) is 0.286. The summed E-state index contributed by atoms with van der Waals surface area (Å²) >= 11 is 0. The summed E-state index contributed by atoms with van der Waals surface area (Å²) in [6.45, 7) is 0. The molecule has 0 amide bonds. The number of fused-ring (bicyclic) bond motifs is 1. The van der Waals surface area contributed by atoms with Gasteiger partial charge in [-0.3, -0.25) is 4.57 Å². The summed E-state index contributed by atoms with van der Waals surface area (Å²) in [6.07, 6.45) is 0. The van der Waals surface area contributed by atoms with Gasteiger partial charge >= 0.3 is 5.69 Å². The molecule has 0 spiro atoms. The first-order valence-electron chi connectivity index (χ1n) is 6.53. The van der Waals surface area contributed by atoms with Crippen molar-refractivity contribution >= 4 is 5.69 Å². The standard InChI is InChI=1S/C14H16N6O/c1-18(2)10-7-5-9(6-8-10)11-15-12-13(20(4)17-11)16-14(21)19(12)3/h5-8H,1-4H3. The van der Waals surface area contributed by atoms with E-state index in [-0.39, 0.29) is 5.69 Å². The van der Waals surface area contributed by atoms with Gasteiger partial charge in [-0.15, -0.1) is 0 Å². The molecule has 21 heavy (non-hydrogen) atoms. The summed E-state index contributed by atoms with van der Waals surface area (Å²) in [6, 6.07) is 7.94. The van der Waals surface area contributed by atoms with Crippen LogP contribution < -0.4 is 10.6 Å². The van der Waals surface area contributed by atoms with E-state index in [2.05, 4.69) is 15.1 Å². The molecule has 2 heterocycles. The number of benzene rings is 1. The summed E-state index contributed by atoms with van der Waals surface area (Å²) in [7, 11) is 7.39. The quantitative estimate of drug-likeness (QED) is 0.694. The van der Waals surface area contributed by atoms with Crippen molar-refractivity contribution in [1.82, 2.24) is 24.3 Å². The molecule has 0 saturated heterocycles. The zero-order valence-electron chi connectivity index (χ0n) is 12.4. The molecule has 0 aliphatic carbocycles. The minimum Gasteiger partial charge on any atom is -0.378 e. The molecule has 108 valence electrons. The van der Waals surface area contributed by atoms with Gasteiger partial charge in [0.15, 0.2) is 17.5 Å². The van der Waals surface area contributed by atoms with Gasteiger partial charge in [-0.1, -0.05) is 0 Å². The molecule has 0 fully saturated rings. The van der Waals surface area contributed by atoms with Crippen LogP contribution in [0.5, 0.6) is 0 Å². The molecule has 0 radical (unpaired) electrons. The lowest BCUT2D eigenvalue weighted by Gasteiger charge is -2.13. The van der Waals surface area contributed by atoms with E-state index in [1.165, 1.54) is 4.57 Å². The van der Waals surface area contributed by atoms with Gasteiger partial charge in [0.25, 0.3) is 0 Å². The van der Waals surface area contributed by atoms with Crippen LogP contribution in [0.25, 0.3) is 23.0 Å². The number of imidazole rings is 1. The predicted octanol–water partition coefficient (Wildman–Crippen LogP) is 0.747. The summed E-state index contributed by atoms with van der Waals surface area (Å²) in [5, 5.41) is 4.38. The molecule has 7 nitrogen and oxygen atoms in total. The van der Waals surface area contributed by atoms with Crippen LogP contribution in [0.3, 0.4) is 0 Å². The highest BCUT2D eigenvalue weighted by atomic mass is 16.1. The molecule has 0 saturated carbocycles. The molecule has 3 rings (SSSR count). The maximum absolute atomic E-state index is 11.6. The van der Waals surface area contributed by atoms with Crippen LogP contribution in [0.4, 0.5) is 5.69 Å². The Balaban J connectivity index is 2.14. The first kappa shape index (κ1) is 13.3. The third-order valence-electron chi connectivity index (χ3n) is 3.41. The number of aromatic nitrogens is 5. The van der Waals surface area contributed by atoms with Crippen molar-refractivity contribution in [2.24, 2.45) is 14.1 Å². The molecule has 2 aliphatic heterocycles. The molecule has 7 heteroatoms. The molecule has 0 atom stereocenters. The van der Waals surface area contributed by atoms with Crippen molar-refractivity contribution in [3.05, 3.63) is 34.7 Å². The van der Waals surface area contributed by atoms with Gasteiger partial charge < -0.3 is 4.90 Å². The number of aryl methyl sites for hydroxylation is 1. The lowest BCUT2D eigenvalue weighted by atomic mass is 10.2. The fourth-order valence-corrected chi connectivity index (χ4v) is 2.14. The van der Waals surface area contributed by atoms with E-state index in [9.17, 15) is 4.79 Å². The molecular weight excluding hydrogens is 268 g/mol. The largest absolute Gasteiger partial charge is 0.378 e. The van der Waals surface area contributed by atoms with Crippen LogP contribution in [0.1, 0.15) is 0 Å². The number of anilines is 1. The first-order valence-corrected chi connectivity index (χ1v) is 6.53. The van der Waals surface area contributed by atoms with E-state index >= 15 is 0 Å². The van der Waals surface area contributed by atoms with Gasteiger partial charge in [0.2, 0.25) is 0 Å². The highest BCUT2D eigenvalue weighted by Crippen LogP contribution is 2.22. The maximum Gasteiger partial charge on any atom is 0.351 e. The average molecular weight is 284 g/mol. The fourth-order valence-electron chi connectivity index (χ4n) is 2.14. The Bertz CT molecular complexity index is 815. The van der Waals surface area contributed by atoms with Crippen molar-refractivity contribution in [2.75, 3.05) is 19.0 Å². The van der Waals surface area contributed by atoms with Crippen molar-refractivity contribution in [3.63, 3.8) is 0 Å². The third-order valence-corrected chi connectivity index (χ3v) is 3.41. The zero-order chi connectivity index (χ0) is 15.1. The lowest BCUT2D eigenvalue weighted by molar-refractivity contribution is 0.714. The normalized spacial score (nSPS) is 11.0. The minimum atomic E-state index is -0.324. The minimum absolute atomic E-state index is 0.324. The van der Waals surface area contributed by atoms with Gasteiger partial charge in [-0.05, 0) is 24.3 Å². The van der Waals surface area contributed by atoms with Crippen molar-refractivity contribution in [1.29, 1.82) is 0 Å². The Morgan fingerprint density at radius 1 is 1.00 bits per heavy atom. The van der Waals surface area contributed by atoms with Gasteiger partial charge in [0, 0.05) is 39.4 Å². The summed E-state index contributed by atoms with van der Waals surface area (Å²) in [5.41, 5.74) is 1.67. The van der Waals surface area contributed by atoms with Crippen LogP contribution >= 0.6 is 0 Å². The summed E-state index contributed by atoms with van der Waals surface area (Å²) in [5.74, 6) is 1.58. The van der Waals surface area contributed by atoms with E-state index < -0.39 is 0 Å². The Morgan fingerprint density at radius 2 is 1.67 bits per heavy atom. The highest BCUT2D eigenvalue weighted by Gasteiger charge is 2.18. The highest BCUT2D eigenvalue weighted by molar-refractivity contribution is 5.62. The topological polar surface area (TPSA) is 68.8 Å². The predicted molar refractivity (Wildman–Crippen MR) is 80.4 cm³/mol. The Hall–Kier alpha value is -2.70. The van der Waals surface area contributed by atoms with Gasteiger partial charge in [0.1, 0.15) is 0 Å². The van der Waals surface area contributed by atoms with Gasteiger partial charge in [-0.2, -0.15) is 10.1 Å². The van der Waals surface area contributed by atoms with Gasteiger partial charge in [0.05, 0.1) is 0 Å². The number of nitrogens with zero attached hydrogens (tertiary/aromatic N) is 6. The maximum atomic E-state index is 11.6. The smallest absolute Gasteiger partial charge is 0.351 e. The molecule has 2 aliphatic rings. The molecule has 1 aromatic carbocycles. The number of rotatable bonds is 2. The van der Waals surface area contributed by atoms with Crippen LogP contribution in [0, 0.1) is 0 Å². The van der Waals surface area contributed by atoms with Crippen LogP contribution in [-0.2, 0) is 14.1 Å². The molecule has 0 unspecified atom stereocenters. The van der Waals surface area contributed by atoms with E-state index in [4.69, 9.17) is 0 Å². The van der Waals surface area contributed by atoms with Crippen molar-refractivity contribution in [3.8, 4) is 23.0 Å². The number of hydrogen-bond acceptors (Lipinski definition) is 5. The van der Waals surface area contributed by atoms with Crippen molar-refractivity contribution in [2.45, 2.75) is 0 Å². The zero-order valence-corrected chi connectivity index (χ0v) is 12.4. The van der Waals surface area contributed by atoms with E-state index in [0.29, 0.717) is 17.5 Å². The lowest BCUT2D eigenvalue weighted by Crippen LogP contribution is -2.13. The third kappa shape index (κ3) is 2.16. The molecular formula is C14H16N6O. The van der Waals surface area contributed by atoms with E-state index in [1.54, 1.807) is 18.8 Å². The second-order valence-corrected chi connectivity index (χ2v) is 5.10. The average Bonchev–Trinajstić information content (AvgIpc) is 2.76. The molecule has 0 aromatic heterocycles. The van der Waals surface area contributed by atoms with E-state index in [1.807, 2.05) is 43.3 Å². The monoisotopic (exact) mass is 284 g/mol. The second-order valence-electron chi connectivity index (χ2n) is 5.10. The summed E-state index contributed by atoms with van der Waals surface area (Å²) < 4.78 is 3.01. The van der Waals surface area contributed by atoms with Crippen molar-refractivity contribution < 1.29 is 0 Å². The Labute approximate surface area is 121 Å². The van der Waals surface area contributed by atoms with E-state index in [0.717, 1.165) is 11.3 Å². The SMILES string of the molecule is CN(C)c1ccc(-c2nc3n(C)c(=O)nc-3n(C)n2)cc1.